The number of hydrogen-bond donors (Lipinski definition) is 1. The molecule has 8 nitrogen and oxygen atoms in total. The molecule has 146 valence electrons. The highest BCUT2D eigenvalue weighted by Crippen LogP contribution is 2.41. The predicted molar refractivity (Wildman–Crippen MR) is 98.8 cm³/mol. The molecule has 1 aromatic rings. The third-order valence-corrected chi connectivity index (χ3v) is 4.81. The number of carbonyl (C=O) groups is 2. The van der Waals surface area contributed by atoms with E-state index in [4.69, 9.17) is 9.84 Å². The van der Waals surface area contributed by atoms with Gasteiger partial charge in [0.05, 0.1) is 11.9 Å². The minimum Gasteiger partial charge on any atom is -0.480 e. The second-order valence-corrected chi connectivity index (χ2v) is 8.11. The number of hydrogen-bond acceptors (Lipinski definition) is 5. The van der Waals surface area contributed by atoms with E-state index in [2.05, 4.69) is 10.00 Å². The number of aliphatic carboxylic acids is 1. The number of anilines is 1. The molecule has 1 aromatic heterocycles. The number of nitrogens with zero attached hydrogens (tertiary/aromatic N) is 4. The number of likely N-dealkylation sites (tertiary alicyclic amines) is 1. The molecule has 9 heteroatoms. The van der Waals surface area contributed by atoms with Gasteiger partial charge in [-0.25, -0.2) is 4.79 Å². The Kier molecular flexibility index (Phi) is 5.75. The van der Waals surface area contributed by atoms with Crippen LogP contribution in [0.5, 0.6) is 0 Å². The fourth-order valence-corrected chi connectivity index (χ4v) is 3.52. The van der Waals surface area contributed by atoms with E-state index in [0.717, 1.165) is 44.7 Å². The quantitative estimate of drug-likeness (QED) is 0.857. The number of ether oxygens (including phenoxy) is 1. The Hall–Kier alpha value is -1.96. The van der Waals surface area contributed by atoms with Crippen LogP contribution in [0.2, 0.25) is 0 Å². The lowest BCUT2D eigenvalue weighted by Gasteiger charge is -2.53. The van der Waals surface area contributed by atoms with Crippen molar-refractivity contribution in [3.8, 4) is 0 Å². The van der Waals surface area contributed by atoms with E-state index in [0.29, 0.717) is 0 Å². The summed E-state index contributed by atoms with van der Waals surface area (Å²) in [5, 5.41) is 12.9. The number of piperidine rings is 1. The molecule has 2 saturated heterocycles. The van der Waals surface area contributed by atoms with Crippen LogP contribution in [0.1, 0.15) is 33.6 Å². The molecule has 0 bridgehead atoms. The van der Waals surface area contributed by atoms with Crippen molar-refractivity contribution in [3.05, 3.63) is 12.4 Å². The number of carboxylic acids is 1. The highest BCUT2D eigenvalue weighted by atomic mass is 35.5. The monoisotopic (exact) mass is 386 g/mol. The molecule has 2 fully saturated rings. The molecule has 0 saturated carbocycles. The van der Waals surface area contributed by atoms with Gasteiger partial charge in [-0.05, 0) is 33.6 Å². The van der Waals surface area contributed by atoms with Crippen LogP contribution in [0.15, 0.2) is 12.4 Å². The standard InChI is InChI=1S/C17H26N4O4.ClH/c1-16(2,3)25-15(24)20-11-17(12-20)4-6-19(7-5-17)13-8-18-21(9-13)10-14(22)23;/h8-9H,4-7,10-12H2,1-3H3,(H,22,23);1H. The number of aromatic nitrogens is 2. The SMILES string of the molecule is CC(C)(C)OC(=O)N1CC2(CCN(c3cnn(CC(=O)O)c3)CC2)C1.Cl. The van der Waals surface area contributed by atoms with Gasteiger partial charge in [0.25, 0.3) is 0 Å². The van der Waals surface area contributed by atoms with E-state index >= 15 is 0 Å². The van der Waals surface area contributed by atoms with Crippen LogP contribution in [0, 0.1) is 5.41 Å². The van der Waals surface area contributed by atoms with Gasteiger partial charge >= 0.3 is 12.1 Å². The molecule has 1 N–H and O–H groups in total. The van der Waals surface area contributed by atoms with E-state index in [9.17, 15) is 9.59 Å². The molecular formula is C17H27ClN4O4. The first-order valence-corrected chi connectivity index (χ1v) is 8.63. The molecule has 1 spiro atoms. The second kappa shape index (κ2) is 7.34. The van der Waals surface area contributed by atoms with E-state index in [1.807, 2.05) is 20.8 Å². The van der Waals surface area contributed by atoms with Gasteiger partial charge in [0.2, 0.25) is 0 Å². The summed E-state index contributed by atoms with van der Waals surface area (Å²) in [7, 11) is 0. The fraction of sp³-hybridized carbons (Fsp3) is 0.706. The normalized spacial score (nSPS) is 18.9. The average Bonchev–Trinajstić information content (AvgIpc) is 2.90. The largest absolute Gasteiger partial charge is 0.480 e. The average molecular weight is 387 g/mol. The lowest BCUT2D eigenvalue weighted by molar-refractivity contribution is -0.137. The molecule has 3 rings (SSSR count). The minimum absolute atomic E-state index is 0. The first-order valence-electron chi connectivity index (χ1n) is 8.63. The Morgan fingerprint density at radius 1 is 1.27 bits per heavy atom. The van der Waals surface area contributed by atoms with E-state index in [1.54, 1.807) is 17.3 Å². The Morgan fingerprint density at radius 3 is 2.42 bits per heavy atom. The van der Waals surface area contributed by atoms with Crippen LogP contribution in [0.3, 0.4) is 0 Å². The maximum Gasteiger partial charge on any atom is 0.410 e. The van der Waals surface area contributed by atoms with Crippen LogP contribution in [0.25, 0.3) is 0 Å². The van der Waals surface area contributed by atoms with Crippen molar-refractivity contribution >= 4 is 30.2 Å². The molecule has 2 aliphatic rings. The summed E-state index contributed by atoms with van der Waals surface area (Å²) >= 11 is 0. The topological polar surface area (TPSA) is 87.9 Å². The van der Waals surface area contributed by atoms with Gasteiger partial charge in [0.15, 0.2) is 0 Å². The maximum atomic E-state index is 12.1. The molecule has 0 radical (unpaired) electrons. The summed E-state index contributed by atoms with van der Waals surface area (Å²) in [6, 6.07) is 0. The Balaban J connectivity index is 0.00000243. The molecule has 0 aromatic carbocycles. The third-order valence-electron chi connectivity index (χ3n) is 4.81. The van der Waals surface area contributed by atoms with Gasteiger partial charge in [0.1, 0.15) is 12.1 Å². The van der Waals surface area contributed by atoms with Gasteiger partial charge in [-0.1, -0.05) is 0 Å². The summed E-state index contributed by atoms with van der Waals surface area (Å²) in [4.78, 5) is 26.8. The number of amides is 1. The first kappa shape index (κ1) is 20.4. The van der Waals surface area contributed by atoms with Gasteiger partial charge < -0.3 is 19.6 Å². The molecule has 0 aliphatic carbocycles. The lowest BCUT2D eigenvalue weighted by Crippen LogP contribution is -2.62. The zero-order valence-corrected chi connectivity index (χ0v) is 16.3. The molecule has 0 unspecified atom stereocenters. The van der Waals surface area contributed by atoms with Gasteiger partial charge in [0, 0.05) is 37.8 Å². The highest BCUT2D eigenvalue weighted by Gasteiger charge is 2.47. The van der Waals surface area contributed by atoms with E-state index in [-0.39, 0.29) is 30.5 Å². The van der Waals surface area contributed by atoms with Crippen molar-refractivity contribution in [3.63, 3.8) is 0 Å². The molecule has 0 atom stereocenters. The van der Waals surface area contributed by atoms with Crippen molar-refractivity contribution in [1.29, 1.82) is 0 Å². The van der Waals surface area contributed by atoms with Crippen molar-refractivity contribution in [2.45, 2.75) is 45.8 Å². The zero-order chi connectivity index (χ0) is 18.2. The van der Waals surface area contributed by atoms with Crippen molar-refractivity contribution < 1.29 is 19.4 Å². The van der Waals surface area contributed by atoms with Gasteiger partial charge in [-0.2, -0.15) is 5.10 Å². The summed E-state index contributed by atoms with van der Waals surface area (Å²) in [6.07, 6.45) is 5.29. The Morgan fingerprint density at radius 2 is 1.88 bits per heavy atom. The van der Waals surface area contributed by atoms with E-state index in [1.165, 1.54) is 4.68 Å². The van der Waals surface area contributed by atoms with Crippen LogP contribution in [-0.4, -0.2) is 63.6 Å². The summed E-state index contributed by atoms with van der Waals surface area (Å²) in [5.41, 5.74) is 0.698. The smallest absolute Gasteiger partial charge is 0.410 e. The Labute approximate surface area is 159 Å². The summed E-state index contributed by atoms with van der Waals surface area (Å²) < 4.78 is 6.86. The van der Waals surface area contributed by atoms with Crippen LogP contribution in [0.4, 0.5) is 10.5 Å². The molecule has 26 heavy (non-hydrogen) atoms. The number of carboxylic acid groups (broad SMARTS) is 1. The van der Waals surface area contributed by atoms with Crippen molar-refractivity contribution in [2.75, 3.05) is 31.1 Å². The van der Waals surface area contributed by atoms with Crippen LogP contribution < -0.4 is 4.90 Å². The maximum absolute atomic E-state index is 12.1. The van der Waals surface area contributed by atoms with Gasteiger partial charge in [-0.3, -0.25) is 9.48 Å². The summed E-state index contributed by atoms with van der Waals surface area (Å²) in [5.74, 6) is -0.899. The highest BCUT2D eigenvalue weighted by molar-refractivity contribution is 5.85. The number of halogens is 1. The minimum atomic E-state index is -0.899. The fourth-order valence-electron chi connectivity index (χ4n) is 3.52. The first-order chi connectivity index (χ1) is 11.7. The van der Waals surface area contributed by atoms with Gasteiger partial charge in [-0.15, -0.1) is 12.4 Å². The second-order valence-electron chi connectivity index (χ2n) is 8.11. The Bertz CT molecular complexity index is 654. The van der Waals surface area contributed by atoms with Crippen LogP contribution in [-0.2, 0) is 16.1 Å². The number of carbonyl (C=O) groups excluding carboxylic acids is 1. The number of rotatable bonds is 3. The third kappa shape index (κ3) is 4.60. The molecule has 2 aliphatic heterocycles. The molecule has 3 heterocycles. The predicted octanol–water partition coefficient (Wildman–Crippen LogP) is 2.23. The van der Waals surface area contributed by atoms with Crippen molar-refractivity contribution in [2.24, 2.45) is 5.41 Å². The molecular weight excluding hydrogens is 360 g/mol. The van der Waals surface area contributed by atoms with Crippen molar-refractivity contribution in [1.82, 2.24) is 14.7 Å². The lowest BCUT2D eigenvalue weighted by atomic mass is 9.72. The zero-order valence-electron chi connectivity index (χ0n) is 15.5. The molecule has 1 amide bonds. The summed E-state index contributed by atoms with van der Waals surface area (Å²) in [6.45, 7) is 8.81. The van der Waals surface area contributed by atoms with E-state index < -0.39 is 11.6 Å². The van der Waals surface area contributed by atoms with Crippen LogP contribution >= 0.6 is 12.4 Å².